The highest BCUT2D eigenvalue weighted by Gasteiger charge is 2.27. The number of fused-ring (bicyclic) bond motifs is 2. The molecule has 1 N–H and O–H groups in total. The Labute approximate surface area is 237 Å². The predicted molar refractivity (Wildman–Crippen MR) is 160 cm³/mol. The van der Waals surface area contributed by atoms with Crippen LogP contribution in [-0.4, -0.2) is 27.6 Å². The summed E-state index contributed by atoms with van der Waals surface area (Å²) in [6.07, 6.45) is 5.52. The van der Waals surface area contributed by atoms with Gasteiger partial charge in [-0.05, 0) is 71.0 Å². The molecule has 198 valence electrons. The standard InChI is InChI=1S/C33H28N4O2S/c1-40-31-11-5-3-9-28(31)24-12-14-25(15-13-24)33(39)37-22-27-16-17-30(32(38)35-20-23-7-6-18-34-19-23)36(27)21-26-8-2-4-10-29(26)37/h2-19H,20-22H2,1H3,(H,35,38). The second-order valence-corrected chi connectivity index (χ2v) is 10.5. The Morgan fingerprint density at radius 1 is 0.875 bits per heavy atom. The van der Waals surface area contributed by atoms with Crippen LogP contribution in [0.2, 0.25) is 0 Å². The molecule has 0 bridgehead atoms. The second-order valence-electron chi connectivity index (χ2n) is 9.64. The van der Waals surface area contributed by atoms with Crippen LogP contribution in [0, 0.1) is 0 Å². The van der Waals surface area contributed by atoms with Crippen LogP contribution in [0.15, 0.2) is 114 Å². The summed E-state index contributed by atoms with van der Waals surface area (Å²) in [7, 11) is 0. The maximum atomic E-state index is 13.9. The molecule has 0 radical (unpaired) electrons. The van der Waals surface area contributed by atoms with Crippen molar-refractivity contribution in [2.75, 3.05) is 11.2 Å². The number of nitrogens with zero attached hydrogens (tertiary/aromatic N) is 3. The van der Waals surface area contributed by atoms with E-state index in [1.165, 1.54) is 4.90 Å². The largest absolute Gasteiger partial charge is 0.347 e. The topological polar surface area (TPSA) is 67.2 Å². The fraction of sp³-hybridized carbons (Fsp3) is 0.121. The second kappa shape index (κ2) is 11.2. The molecule has 3 aromatic carbocycles. The van der Waals surface area contributed by atoms with E-state index in [0.717, 1.165) is 33.6 Å². The first kappa shape index (κ1) is 25.6. The predicted octanol–water partition coefficient (Wildman–Crippen LogP) is 6.41. The molecule has 3 heterocycles. The first-order chi connectivity index (χ1) is 19.6. The van der Waals surface area contributed by atoms with Gasteiger partial charge in [0.2, 0.25) is 0 Å². The zero-order chi connectivity index (χ0) is 27.5. The van der Waals surface area contributed by atoms with Gasteiger partial charge in [0.25, 0.3) is 11.8 Å². The lowest BCUT2D eigenvalue weighted by atomic mass is 10.0. The number of aromatic nitrogens is 2. The third-order valence-corrected chi connectivity index (χ3v) is 8.00. The van der Waals surface area contributed by atoms with Crippen LogP contribution >= 0.6 is 11.8 Å². The minimum atomic E-state index is -0.159. The Morgan fingerprint density at radius 2 is 1.68 bits per heavy atom. The number of benzene rings is 3. The normalized spacial score (nSPS) is 12.3. The Morgan fingerprint density at radius 3 is 2.48 bits per heavy atom. The van der Waals surface area contributed by atoms with E-state index in [-0.39, 0.29) is 11.8 Å². The van der Waals surface area contributed by atoms with Gasteiger partial charge in [-0.15, -0.1) is 11.8 Å². The molecule has 2 amide bonds. The summed E-state index contributed by atoms with van der Waals surface area (Å²) in [5.74, 6) is -0.233. The van der Waals surface area contributed by atoms with Gasteiger partial charge in [-0.1, -0.05) is 54.6 Å². The molecule has 0 aliphatic carbocycles. The van der Waals surface area contributed by atoms with Gasteiger partial charge in [0.1, 0.15) is 5.69 Å². The Bertz CT molecular complexity index is 1680. The van der Waals surface area contributed by atoms with Gasteiger partial charge in [0, 0.05) is 40.8 Å². The summed E-state index contributed by atoms with van der Waals surface area (Å²) in [4.78, 5) is 34.2. The lowest BCUT2D eigenvalue weighted by Crippen LogP contribution is -2.30. The maximum absolute atomic E-state index is 13.9. The number of amides is 2. The summed E-state index contributed by atoms with van der Waals surface area (Å²) >= 11 is 1.71. The van der Waals surface area contributed by atoms with Gasteiger partial charge in [-0.2, -0.15) is 0 Å². The zero-order valence-corrected chi connectivity index (χ0v) is 22.9. The number of pyridine rings is 1. The molecule has 2 aromatic heterocycles. The molecule has 0 saturated carbocycles. The Kier molecular flexibility index (Phi) is 7.21. The van der Waals surface area contributed by atoms with Gasteiger partial charge in [-0.25, -0.2) is 0 Å². The molecule has 40 heavy (non-hydrogen) atoms. The van der Waals surface area contributed by atoms with Crippen molar-refractivity contribution in [3.8, 4) is 11.1 Å². The lowest BCUT2D eigenvalue weighted by molar-refractivity contribution is 0.0941. The Hall–Kier alpha value is -4.62. The van der Waals surface area contributed by atoms with Gasteiger partial charge in [0.05, 0.1) is 13.1 Å². The highest BCUT2D eigenvalue weighted by molar-refractivity contribution is 7.98. The fourth-order valence-electron chi connectivity index (χ4n) is 5.15. The third-order valence-electron chi connectivity index (χ3n) is 7.21. The number of thioether (sulfide) groups is 1. The molecule has 1 aliphatic rings. The number of anilines is 1. The first-order valence-corrected chi connectivity index (χ1v) is 14.3. The van der Waals surface area contributed by atoms with Crippen LogP contribution < -0.4 is 10.2 Å². The number of rotatable bonds is 6. The average molecular weight is 545 g/mol. The van der Waals surface area contributed by atoms with Crippen molar-refractivity contribution in [3.63, 3.8) is 0 Å². The minimum absolute atomic E-state index is 0.0746. The van der Waals surface area contributed by atoms with Crippen molar-refractivity contribution < 1.29 is 9.59 Å². The van der Waals surface area contributed by atoms with E-state index >= 15 is 0 Å². The van der Waals surface area contributed by atoms with Crippen molar-refractivity contribution in [1.82, 2.24) is 14.9 Å². The van der Waals surface area contributed by atoms with E-state index in [2.05, 4.69) is 28.7 Å². The van der Waals surface area contributed by atoms with E-state index < -0.39 is 0 Å². The van der Waals surface area contributed by atoms with Gasteiger partial charge in [0.15, 0.2) is 0 Å². The fourth-order valence-corrected chi connectivity index (χ4v) is 5.77. The lowest BCUT2D eigenvalue weighted by Gasteiger charge is -2.23. The van der Waals surface area contributed by atoms with Crippen molar-refractivity contribution in [3.05, 3.63) is 138 Å². The molecule has 5 aromatic rings. The summed E-state index contributed by atoms with van der Waals surface area (Å²) in [5.41, 5.74) is 7.10. The average Bonchev–Trinajstić information content (AvgIpc) is 3.33. The highest BCUT2D eigenvalue weighted by Crippen LogP contribution is 2.32. The van der Waals surface area contributed by atoms with Crippen LogP contribution in [0.25, 0.3) is 11.1 Å². The molecule has 6 rings (SSSR count). The van der Waals surface area contributed by atoms with Crippen LogP contribution in [0.5, 0.6) is 0 Å². The molecule has 0 unspecified atom stereocenters. The van der Waals surface area contributed by atoms with Crippen LogP contribution in [0.4, 0.5) is 5.69 Å². The van der Waals surface area contributed by atoms with E-state index in [1.807, 2.05) is 94.4 Å². The highest BCUT2D eigenvalue weighted by atomic mass is 32.2. The molecule has 0 spiro atoms. The summed E-state index contributed by atoms with van der Waals surface area (Å²) < 4.78 is 2.01. The molecule has 6 nitrogen and oxygen atoms in total. The number of nitrogens with one attached hydrogen (secondary N) is 1. The van der Waals surface area contributed by atoms with E-state index in [9.17, 15) is 9.59 Å². The molecule has 0 saturated heterocycles. The number of hydrogen-bond donors (Lipinski definition) is 1. The zero-order valence-electron chi connectivity index (χ0n) is 22.1. The molecule has 0 fully saturated rings. The van der Waals surface area contributed by atoms with Crippen molar-refractivity contribution in [2.45, 2.75) is 24.5 Å². The van der Waals surface area contributed by atoms with Gasteiger partial charge >= 0.3 is 0 Å². The van der Waals surface area contributed by atoms with Gasteiger partial charge in [-0.3, -0.25) is 14.6 Å². The smallest absolute Gasteiger partial charge is 0.268 e. The van der Waals surface area contributed by atoms with Crippen molar-refractivity contribution in [1.29, 1.82) is 0 Å². The SMILES string of the molecule is CSc1ccccc1-c1ccc(C(=O)N2Cc3ccc(C(=O)NCc4cccnc4)n3Cc3ccccc32)cc1. The monoisotopic (exact) mass is 544 g/mol. The maximum Gasteiger partial charge on any atom is 0.268 e. The van der Waals surface area contributed by atoms with E-state index in [1.54, 1.807) is 24.2 Å². The molecular formula is C33H28N4O2S. The number of para-hydroxylation sites is 1. The molecular weight excluding hydrogens is 516 g/mol. The summed E-state index contributed by atoms with van der Waals surface area (Å²) in [5, 5.41) is 3.00. The minimum Gasteiger partial charge on any atom is -0.347 e. The quantitative estimate of drug-likeness (QED) is 0.251. The van der Waals surface area contributed by atoms with Crippen LogP contribution in [0.3, 0.4) is 0 Å². The summed E-state index contributed by atoms with van der Waals surface area (Å²) in [6.45, 7) is 1.26. The van der Waals surface area contributed by atoms with Crippen LogP contribution in [-0.2, 0) is 19.6 Å². The van der Waals surface area contributed by atoms with Gasteiger partial charge < -0.3 is 14.8 Å². The van der Waals surface area contributed by atoms with E-state index in [0.29, 0.717) is 30.9 Å². The molecule has 7 heteroatoms. The van der Waals surface area contributed by atoms with E-state index in [4.69, 9.17) is 0 Å². The first-order valence-electron chi connectivity index (χ1n) is 13.1. The third kappa shape index (κ3) is 5.03. The molecule has 1 aliphatic heterocycles. The van der Waals surface area contributed by atoms with Crippen molar-refractivity contribution in [2.24, 2.45) is 0 Å². The van der Waals surface area contributed by atoms with Crippen LogP contribution in [0.1, 0.15) is 37.7 Å². The van der Waals surface area contributed by atoms with Crippen molar-refractivity contribution >= 4 is 29.3 Å². The number of hydrogen-bond acceptors (Lipinski definition) is 4. The summed E-state index contributed by atoms with van der Waals surface area (Å²) in [6, 6.07) is 31.6. The molecule has 0 atom stereocenters. The number of carbonyl (C=O) groups excluding carboxylic acids is 2. The number of carbonyl (C=O) groups is 2. The Balaban J connectivity index is 1.28.